The molecule has 1 heterocycles. The van der Waals surface area contributed by atoms with E-state index >= 15 is 0 Å². The first-order valence-corrected chi connectivity index (χ1v) is 7.61. The zero-order chi connectivity index (χ0) is 12.5. The van der Waals surface area contributed by atoms with Crippen LogP contribution >= 0.6 is 0 Å². The molecule has 0 unspecified atom stereocenters. The quantitative estimate of drug-likeness (QED) is 0.765. The van der Waals surface area contributed by atoms with Crippen molar-refractivity contribution in [3.63, 3.8) is 0 Å². The number of nitrogen functional groups attached to an aromatic ring is 1. The minimum Gasteiger partial charge on any atom is -0.397 e. The fourth-order valence-electron chi connectivity index (χ4n) is 2.11. The Morgan fingerprint density at radius 2 is 2.00 bits per heavy atom. The maximum atomic E-state index is 11.5. The summed E-state index contributed by atoms with van der Waals surface area (Å²) in [6, 6.07) is 5.87. The van der Waals surface area contributed by atoms with Crippen molar-refractivity contribution in [1.29, 1.82) is 0 Å². The normalized spacial score (nSPS) is 19.9. The molecule has 0 aromatic heterocycles. The van der Waals surface area contributed by atoms with Gasteiger partial charge in [0.25, 0.3) is 0 Å². The number of hydrogen-bond acceptors (Lipinski definition) is 4. The van der Waals surface area contributed by atoms with E-state index in [4.69, 9.17) is 5.73 Å². The molecule has 1 saturated heterocycles. The number of anilines is 2. The minimum atomic E-state index is -2.87. The molecule has 1 aromatic rings. The van der Waals surface area contributed by atoms with Crippen LogP contribution in [0, 0.1) is 6.92 Å². The predicted molar refractivity (Wildman–Crippen MR) is 71.1 cm³/mol. The average Bonchev–Trinajstić information content (AvgIpc) is 2.43. The highest BCUT2D eigenvalue weighted by Crippen LogP contribution is 2.25. The van der Waals surface area contributed by atoms with Crippen LogP contribution < -0.4 is 10.6 Å². The Kier molecular flexibility index (Phi) is 3.28. The summed E-state index contributed by atoms with van der Waals surface area (Å²) in [5.74, 6) is 0.510. The van der Waals surface area contributed by atoms with E-state index in [2.05, 4.69) is 4.90 Å². The summed E-state index contributed by atoms with van der Waals surface area (Å²) in [6.07, 6.45) is 0.676. The summed E-state index contributed by atoms with van der Waals surface area (Å²) in [5, 5.41) is 0. The first-order chi connectivity index (χ1) is 7.98. The number of aryl methyl sites for hydroxylation is 1. The lowest BCUT2D eigenvalue weighted by atomic mass is 10.1. The SMILES string of the molecule is Cc1ccc(N)c(N2CCCS(=O)(=O)CC2)c1. The first kappa shape index (κ1) is 12.2. The van der Waals surface area contributed by atoms with Gasteiger partial charge >= 0.3 is 0 Å². The number of nitrogens with zero attached hydrogens (tertiary/aromatic N) is 1. The van der Waals surface area contributed by atoms with Crippen molar-refractivity contribution < 1.29 is 8.42 Å². The van der Waals surface area contributed by atoms with Gasteiger partial charge < -0.3 is 10.6 Å². The Labute approximate surface area is 102 Å². The van der Waals surface area contributed by atoms with Crippen LogP contribution in [0.3, 0.4) is 0 Å². The van der Waals surface area contributed by atoms with E-state index in [1.165, 1.54) is 0 Å². The van der Waals surface area contributed by atoms with Gasteiger partial charge in [-0.25, -0.2) is 8.42 Å². The number of sulfone groups is 1. The van der Waals surface area contributed by atoms with E-state index in [1.54, 1.807) is 0 Å². The van der Waals surface area contributed by atoms with Crippen LogP contribution in [0.1, 0.15) is 12.0 Å². The second kappa shape index (κ2) is 4.56. The molecule has 0 radical (unpaired) electrons. The monoisotopic (exact) mass is 254 g/mol. The van der Waals surface area contributed by atoms with E-state index < -0.39 is 9.84 Å². The third-order valence-electron chi connectivity index (χ3n) is 3.08. The second-order valence-corrected chi connectivity index (χ2v) is 6.86. The second-order valence-electron chi connectivity index (χ2n) is 4.55. The van der Waals surface area contributed by atoms with Gasteiger partial charge in [-0.15, -0.1) is 0 Å². The van der Waals surface area contributed by atoms with Gasteiger partial charge in [-0.1, -0.05) is 6.07 Å². The van der Waals surface area contributed by atoms with Gasteiger partial charge in [0.1, 0.15) is 0 Å². The van der Waals surface area contributed by atoms with Crippen LogP contribution in [0.25, 0.3) is 0 Å². The molecular weight excluding hydrogens is 236 g/mol. The molecule has 94 valence electrons. The van der Waals surface area contributed by atoms with Crippen LogP contribution in [0.5, 0.6) is 0 Å². The van der Waals surface area contributed by atoms with Crippen molar-refractivity contribution in [3.05, 3.63) is 23.8 Å². The lowest BCUT2D eigenvalue weighted by Gasteiger charge is -2.24. The van der Waals surface area contributed by atoms with Crippen LogP contribution in [-0.2, 0) is 9.84 Å². The number of hydrogen-bond donors (Lipinski definition) is 1. The van der Waals surface area contributed by atoms with Crippen molar-refractivity contribution in [2.24, 2.45) is 0 Å². The molecule has 0 saturated carbocycles. The molecule has 0 amide bonds. The van der Waals surface area contributed by atoms with Crippen molar-refractivity contribution >= 4 is 21.2 Å². The summed E-state index contributed by atoms with van der Waals surface area (Å²) in [5.41, 5.74) is 8.77. The van der Waals surface area contributed by atoms with Gasteiger partial charge in [0.2, 0.25) is 0 Å². The Morgan fingerprint density at radius 1 is 1.24 bits per heavy atom. The highest BCUT2D eigenvalue weighted by atomic mass is 32.2. The Balaban J connectivity index is 2.25. The Morgan fingerprint density at radius 3 is 2.76 bits per heavy atom. The van der Waals surface area contributed by atoms with Crippen molar-refractivity contribution in [1.82, 2.24) is 0 Å². The Hall–Kier alpha value is -1.23. The van der Waals surface area contributed by atoms with Crippen molar-refractivity contribution in [2.75, 3.05) is 35.2 Å². The zero-order valence-electron chi connectivity index (χ0n) is 10.0. The van der Waals surface area contributed by atoms with E-state index in [0.29, 0.717) is 13.0 Å². The molecule has 1 aliphatic rings. The van der Waals surface area contributed by atoms with E-state index in [-0.39, 0.29) is 11.5 Å². The maximum absolute atomic E-state index is 11.5. The molecular formula is C12H18N2O2S. The van der Waals surface area contributed by atoms with Crippen LogP contribution in [-0.4, -0.2) is 33.0 Å². The van der Waals surface area contributed by atoms with E-state index in [0.717, 1.165) is 23.5 Å². The third-order valence-corrected chi connectivity index (χ3v) is 4.80. The molecule has 2 rings (SSSR count). The third kappa shape index (κ3) is 2.91. The largest absolute Gasteiger partial charge is 0.397 e. The highest BCUT2D eigenvalue weighted by Gasteiger charge is 2.20. The highest BCUT2D eigenvalue weighted by molar-refractivity contribution is 7.91. The van der Waals surface area contributed by atoms with Crippen LogP contribution in [0.4, 0.5) is 11.4 Å². The molecule has 17 heavy (non-hydrogen) atoms. The zero-order valence-corrected chi connectivity index (χ0v) is 10.8. The van der Waals surface area contributed by atoms with E-state index in [9.17, 15) is 8.42 Å². The molecule has 0 bridgehead atoms. The molecule has 5 heteroatoms. The number of rotatable bonds is 1. The van der Waals surface area contributed by atoms with Gasteiger partial charge in [0, 0.05) is 13.1 Å². The minimum absolute atomic E-state index is 0.223. The summed E-state index contributed by atoms with van der Waals surface area (Å²) in [6.45, 7) is 3.31. The summed E-state index contributed by atoms with van der Waals surface area (Å²) in [7, 11) is -2.87. The molecule has 2 N–H and O–H groups in total. The molecule has 1 aliphatic heterocycles. The van der Waals surface area contributed by atoms with Gasteiger partial charge in [0.15, 0.2) is 9.84 Å². The van der Waals surface area contributed by atoms with Gasteiger partial charge in [-0.3, -0.25) is 0 Å². The molecule has 0 aliphatic carbocycles. The van der Waals surface area contributed by atoms with Crippen LogP contribution in [0.15, 0.2) is 18.2 Å². The fourth-order valence-corrected chi connectivity index (χ4v) is 3.38. The maximum Gasteiger partial charge on any atom is 0.152 e. The molecule has 0 spiro atoms. The summed E-state index contributed by atoms with van der Waals surface area (Å²) in [4.78, 5) is 2.08. The smallest absolute Gasteiger partial charge is 0.152 e. The summed E-state index contributed by atoms with van der Waals surface area (Å²) < 4.78 is 23.1. The predicted octanol–water partition coefficient (Wildman–Crippen LogP) is 1.20. The van der Waals surface area contributed by atoms with E-state index in [1.807, 2.05) is 25.1 Å². The lowest BCUT2D eigenvalue weighted by Crippen LogP contribution is -2.27. The average molecular weight is 254 g/mol. The topological polar surface area (TPSA) is 63.4 Å². The van der Waals surface area contributed by atoms with Crippen LogP contribution in [0.2, 0.25) is 0 Å². The molecule has 1 fully saturated rings. The number of nitrogens with two attached hydrogens (primary N) is 1. The number of benzene rings is 1. The fraction of sp³-hybridized carbons (Fsp3) is 0.500. The first-order valence-electron chi connectivity index (χ1n) is 5.79. The molecule has 1 aromatic carbocycles. The van der Waals surface area contributed by atoms with Crippen molar-refractivity contribution in [3.8, 4) is 0 Å². The molecule has 4 nitrogen and oxygen atoms in total. The lowest BCUT2D eigenvalue weighted by molar-refractivity contribution is 0.597. The van der Waals surface area contributed by atoms with Gasteiger partial charge in [0.05, 0.1) is 22.9 Å². The Bertz CT molecular complexity index is 511. The van der Waals surface area contributed by atoms with Gasteiger partial charge in [-0.05, 0) is 31.0 Å². The van der Waals surface area contributed by atoms with Crippen molar-refractivity contribution in [2.45, 2.75) is 13.3 Å². The molecule has 0 atom stereocenters. The standard InChI is InChI=1S/C12H18N2O2S/c1-10-3-4-11(13)12(9-10)14-5-2-7-17(15,16)8-6-14/h3-4,9H,2,5-8,13H2,1H3. The van der Waals surface area contributed by atoms with Gasteiger partial charge in [-0.2, -0.15) is 0 Å². The summed E-state index contributed by atoms with van der Waals surface area (Å²) >= 11 is 0.